The lowest BCUT2D eigenvalue weighted by molar-refractivity contribution is 0.151. The number of benzene rings is 3. The summed E-state index contributed by atoms with van der Waals surface area (Å²) >= 11 is 0. The van der Waals surface area contributed by atoms with Gasteiger partial charge in [0.1, 0.15) is 5.60 Å². The van der Waals surface area contributed by atoms with Gasteiger partial charge in [0.25, 0.3) is 0 Å². The topological polar surface area (TPSA) is 20.2 Å². The molecule has 0 atom stereocenters. The Kier molecular flexibility index (Phi) is 2.78. The van der Waals surface area contributed by atoms with E-state index >= 15 is 0 Å². The summed E-state index contributed by atoms with van der Waals surface area (Å²) < 4.78 is 0. The molecule has 1 aliphatic rings. The largest absolute Gasteiger partial charge is 0.376 e. The molecule has 22 heavy (non-hydrogen) atoms. The summed E-state index contributed by atoms with van der Waals surface area (Å²) in [7, 11) is 0. The maximum absolute atomic E-state index is 11.6. The molecule has 0 bridgehead atoms. The third kappa shape index (κ3) is 1.63. The lowest BCUT2D eigenvalue weighted by Crippen LogP contribution is -2.25. The Morgan fingerprint density at radius 1 is 0.682 bits per heavy atom. The van der Waals surface area contributed by atoms with E-state index in [-0.39, 0.29) is 0 Å². The van der Waals surface area contributed by atoms with Crippen LogP contribution in [0.2, 0.25) is 0 Å². The van der Waals surface area contributed by atoms with Crippen LogP contribution in [0.25, 0.3) is 16.7 Å². The molecule has 1 N–H and O–H groups in total. The molecule has 0 saturated carbocycles. The Morgan fingerprint density at radius 3 is 1.68 bits per heavy atom. The van der Waals surface area contributed by atoms with E-state index < -0.39 is 5.60 Å². The molecular weight excluding hydrogens is 268 g/mol. The minimum absolute atomic E-state index is 0.713. The van der Waals surface area contributed by atoms with Gasteiger partial charge in [-0.05, 0) is 22.3 Å². The molecule has 1 heteroatoms. The van der Waals surface area contributed by atoms with Crippen LogP contribution in [0.4, 0.5) is 0 Å². The first-order valence-corrected chi connectivity index (χ1v) is 7.39. The van der Waals surface area contributed by atoms with E-state index in [1.165, 1.54) is 0 Å². The van der Waals surface area contributed by atoms with Crippen LogP contribution in [-0.2, 0) is 5.60 Å². The van der Waals surface area contributed by atoms with Crippen LogP contribution in [0.5, 0.6) is 0 Å². The van der Waals surface area contributed by atoms with Gasteiger partial charge in [-0.15, -0.1) is 0 Å². The van der Waals surface area contributed by atoms with Gasteiger partial charge in [0.15, 0.2) is 0 Å². The summed E-state index contributed by atoms with van der Waals surface area (Å²) in [6, 6.07) is 25.9. The van der Waals surface area contributed by atoms with Crippen LogP contribution in [0, 0.1) is 0 Å². The summed E-state index contributed by atoms with van der Waals surface area (Å²) in [6.07, 6.45) is 0. The minimum atomic E-state index is -1.17. The summed E-state index contributed by atoms with van der Waals surface area (Å²) in [4.78, 5) is 0. The van der Waals surface area contributed by atoms with Crippen LogP contribution in [0.3, 0.4) is 0 Å². The number of rotatable bonds is 2. The SMILES string of the molecule is C=C(c1ccccc1)C1(O)c2ccccc2-c2ccccc21. The van der Waals surface area contributed by atoms with Crippen molar-refractivity contribution in [2.75, 3.05) is 0 Å². The van der Waals surface area contributed by atoms with Crippen LogP contribution in [0.1, 0.15) is 16.7 Å². The van der Waals surface area contributed by atoms with Gasteiger partial charge in [-0.2, -0.15) is 0 Å². The maximum atomic E-state index is 11.6. The molecule has 0 amide bonds. The van der Waals surface area contributed by atoms with E-state index in [2.05, 4.69) is 18.7 Å². The van der Waals surface area contributed by atoms with Crippen molar-refractivity contribution in [3.8, 4) is 11.1 Å². The van der Waals surface area contributed by atoms with Crippen molar-refractivity contribution in [2.45, 2.75) is 5.60 Å². The number of hydrogen-bond acceptors (Lipinski definition) is 1. The molecule has 0 radical (unpaired) electrons. The van der Waals surface area contributed by atoms with Gasteiger partial charge in [0.2, 0.25) is 0 Å². The number of hydrogen-bond donors (Lipinski definition) is 1. The van der Waals surface area contributed by atoms with Gasteiger partial charge in [-0.25, -0.2) is 0 Å². The average molecular weight is 284 g/mol. The molecule has 3 aromatic rings. The monoisotopic (exact) mass is 284 g/mol. The fourth-order valence-electron chi connectivity index (χ4n) is 3.39. The Bertz CT molecular complexity index is 816. The van der Waals surface area contributed by atoms with Crippen LogP contribution >= 0.6 is 0 Å². The zero-order valence-electron chi connectivity index (χ0n) is 12.2. The van der Waals surface area contributed by atoms with E-state index in [1.807, 2.05) is 66.7 Å². The van der Waals surface area contributed by atoms with Gasteiger partial charge >= 0.3 is 0 Å². The molecule has 0 aromatic heterocycles. The Balaban J connectivity index is 2.00. The Morgan fingerprint density at radius 2 is 1.14 bits per heavy atom. The predicted molar refractivity (Wildman–Crippen MR) is 90.4 cm³/mol. The highest BCUT2D eigenvalue weighted by Crippen LogP contribution is 2.52. The highest BCUT2D eigenvalue weighted by Gasteiger charge is 2.43. The number of aliphatic hydroxyl groups is 1. The fraction of sp³-hybridized carbons (Fsp3) is 0.0476. The van der Waals surface area contributed by atoms with E-state index in [1.54, 1.807) is 0 Å². The molecule has 0 heterocycles. The van der Waals surface area contributed by atoms with E-state index in [4.69, 9.17) is 0 Å². The van der Waals surface area contributed by atoms with Crippen molar-refractivity contribution >= 4 is 5.57 Å². The van der Waals surface area contributed by atoms with E-state index in [9.17, 15) is 5.11 Å². The van der Waals surface area contributed by atoms with Crippen LogP contribution in [-0.4, -0.2) is 5.11 Å². The quantitative estimate of drug-likeness (QED) is 0.728. The standard InChI is InChI=1S/C21H16O/c1-15(16-9-3-2-4-10-16)21(22)19-13-7-5-11-17(19)18-12-6-8-14-20(18)21/h2-14,22H,1H2. The molecule has 106 valence electrons. The smallest absolute Gasteiger partial charge is 0.141 e. The number of fused-ring (bicyclic) bond motifs is 3. The lowest BCUT2D eigenvalue weighted by Gasteiger charge is -2.28. The van der Waals surface area contributed by atoms with Gasteiger partial charge in [0.05, 0.1) is 0 Å². The summed E-state index contributed by atoms with van der Waals surface area (Å²) in [5.41, 5.74) is 4.47. The third-order valence-corrected chi connectivity index (χ3v) is 4.48. The van der Waals surface area contributed by atoms with Gasteiger partial charge < -0.3 is 5.11 Å². The van der Waals surface area contributed by atoms with Crippen LogP contribution in [0.15, 0.2) is 85.4 Å². The highest BCUT2D eigenvalue weighted by atomic mass is 16.3. The van der Waals surface area contributed by atoms with Crippen molar-refractivity contribution in [1.82, 2.24) is 0 Å². The normalized spacial score (nSPS) is 14.2. The zero-order valence-corrected chi connectivity index (χ0v) is 12.2. The summed E-state index contributed by atoms with van der Waals surface area (Å²) in [5, 5.41) is 11.6. The van der Waals surface area contributed by atoms with Gasteiger partial charge in [-0.3, -0.25) is 0 Å². The molecule has 4 rings (SSSR count). The van der Waals surface area contributed by atoms with E-state index in [0.29, 0.717) is 5.57 Å². The first-order valence-electron chi connectivity index (χ1n) is 7.39. The van der Waals surface area contributed by atoms with Crippen LogP contribution < -0.4 is 0 Å². The van der Waals surface area contributed by atoms with E-state index in [0.717, 1.165) is 27.8 Å². The Labute approximate surface area is 130 Å². The predicted octanol–water partition coefficient (Wildman–Crippen LogP) is 4.62. The lowest BCUT2D eigenvalue weighted by atomic mass is 9.81. The second kappa shape index (κ2) is 4.69. The second-order valence-corrected chi connectivity index (χ2v) is 5.65. The molecule has 0 saturated heterocycles. The molecule has 1 aliphatic carbocycles. The molecule has 3 aromatic carbocycles. The maximum Gasteiger partial charge on any atom is 0.141 e. The summed E-state index contributed by atoms with van der Waals surface area (Å²) in [5.74, 6) is 0. The van der Waals surface area contributed by atoms with Crippen molar-refractivity contribution in [1.29, 1.82) is 0 Å². The fourth-order valence-corrected chi connectivity index (χ4v) is 3.39. The first-order chi connectivity index (χ1) is 10.7. The molecule has 0 aliphatic heterocycles. The molecule has 0 spiro atoms. The average Bonchev–Trinajstić information content (AvgIpc) is 2.86. The Hall–Kier alpha value is -2.64. The van der Waals surface area contributed by atoms with Crippen molar-refractivity contribution in [3.63, 3.8) is 0 Å². The molecule has 0 fully saturated rings. The summed E-state index contributed by atoms with van der Waals surface area (Å²) in [6.45, 7) is 4.23. The molecular formula is C21H16O. The van der Waals surface area contributed by atoms with Crippen molar-refractivity contribution in [3.05, 3.63) is 102 Å². The van der Waals surface area contributed by atoms with Gasteiger partial charge in [-0.1, -0.05) is 85.4 Å². The van der Waals surface area contributed by atoms with Crippen molar-refractivity contribution in [2.24, 2.45) is 0 Å². The molecule has 0 unspecified atom stereocenters. The third-order valence-electron chi connectivity index (χ3n) is 4.48. The molecule has 1 nitrogen and oxygen atoms in total. The zero-order chi connectivity index (χ0) is 15.2. The second-order valence-electron chi connectivity index (χ2n) is 5.65. The van der Waals surface area contributed by atoms with Gasteiger partial charge in [0, 0.05) is 11.1 Å². The van der Waals surface area contributed by atoms with Crippen molar-refractivity contribution < 1.29 is 5.11 Å². The first kappa shape index (κ1) is 13.1. The highest BCUT2D eigenvalue weighted by molar-refractivity contribution is 5.90. The minimum Gasteiger partial charge on any atom is -0.376 e.